The van der Waals surface area contributed by atoms with Gasteiger partial charge in [0, 0.05) is 31.4 Å². The van der Waals surface area contributed by atoms with Gasteiger partial charge in [0.15, 0.2) is 0 Å². The fraction of sp³-hybridized carbons (Fsp3) is 0.615. The maximum Gasteiger partial charge on any atom is 0.223 e. The summed E-state index contributed by atoms with van der Waals surface area (Å²) < 4.78 is 5.43. The van der Waals surface area contributed by atoms with Crippen molar-refractivity contribution < 1.29 is 9.53 Å². The molecule has 2 heterocycles. The summed E-state index contributed by atoms with van der Waals surface area (Å²) in [6, 6.07) is 4.13. The molecule has 1 atom stereocenters. The van der Waals surface area contributed by atoms with Crippen LogP contribution in [0.15, 0.2) is 18.3 Å². The molecule has 0 aromatic carbocycles. The van der Waals surface area contributed by atoms with Gasteiger partial charge in [-0.1, -0.05) is 0 Å². The topological polar surface area (TPSA) is 57.4 Å². The molecule has 1 amide bonds. The number of aryl methyl sites for hydroxylation is 1. The highest BCUT2D eigenvalue weighted by Crippen LogP contribution is 2.10. The SMILES string of the molecule is CNCC1COCCN1C(=O)CCc1ccc[nH]1. The molecule has 2 rings (SSSR count). The number of ether oxygens (including phenoxy) is 1. The number of carbonyl (C=O) groups excluding carboxylic acids is 1. The maximum absolute atomic E-state index is 12.2. The minimum absolute atomic E-state index is 0.167. The van der Waals surface area contributed by atoms with Crippen LogP contribution in [0.25, 0.3) is 0 Å². The van der Waals surface area contributed by atoms with Gasteiger partial charge in [-0.05, 0) is 25.6 Å². The molecular weight excluding hydrogens is 230 g/mol. The van der Waals surface area contributed by atoms with Crippen LogP contribution in [0.3, 0.4) is 0 Å². The lowest BCUT2D eigenvalue weighted by Crippen LogP contribution is -2.52. The van der Waals surface area contributed by atoms with Gasteiger partial charge in [0.1, 0.15) is 0 Å². The molecule has 0 saturated carbocycles. The molecule has 1 aliphatic rings. The fourth-order valence-corrected chi connectivity index (χ4v) is 2.30. The third-order valence-electron chi connectivity index (χ3n) is 3.26. The Kier molecular flexibility index (Phi) is 4.78. The van der Waals surface area contributed by atoms with E-state index in [1.165, 1.54) is 0 Å². The third kappa shape index (κ3) is 3.34. The van der Waals surface area contributed by atoms with Crippen molar-refractivity contribution in [3.8, 4) is 0 Å². The Hall–Kier alpha value is -1.33. The molecule has 18 heavy (non-hydrogen) atoms. The van der Waals surface area contributed by atoms with Crippen molar-refractivity contribution in [2.75, 3.05) is 33.4 Å². The molecule has 0 radical (unpaired) electrons. The van der Waals surface area contributed by atoms with Gasteiger partial charge in [-0.15, -0.1) is 0 Å². The second-order valence-electron chi connectivity index (χ2n) is 4.57. The zero-order chi connectivity index (χ0) is 12.8. The van der Waals surface area contributed by atoms with E-state index in [1.54, 1.807) is 0 Å². The van der Waals surface area contributed by atoms with E-state index >= 15 is 0 Å². The van der Waals surface area contributed by atoms with Crippen LogP contribution in [0.1, 0.15) is 12.1 Å². The predicted molar refractivity (Wildman–Crippen MR) is 69.4 cm³/mol. The van der Waals surface area contributed by atoms with Crippen LogP contribution in [0.5, 0.6) is 0 Å². The van der Waals surface area contributed by atoms with E-state index in [9.17, 15) is 4.79 Å². The molecule has 5 nitrogen and oxygen atoms in total. The summed E-state index contributed by atoms with van der Waals surface area (Å²) in [6.07, 6.45) is 3.22. The van der Waals surface area contributed by atoms with Gasteiger partial charge in [0.2, 0.25) is 5.91 Å². The lowest BCUT2D eigenvalue weighted by Gasteiger charge is -2.35. The number of aromatic amines is 1. The molecule has 100 valence electrons. The van der Waals surface area contributed by atoms with Gasteiger partial charge >= 0.3 is 0 Å². The number of hydrogen-bond acceptors (Lipinski definition) is 3. The number of carbonyl (C=O) groups is 1. The standard InChI is InChI=1S/C13H21N3O2/c1-14-9-12-10-18-8-7-16(12)13(17)5-4-11-3-2-6-15-11/h2-3,6,12,14-15H,4-5,7-10H2,1H3. The first kappa shape index (κ1) is 13.1. The second-order valence-corrected chi connectivity index (χ2v) is 4.57. The van der Waals surface area contributed by atoms with Gasteiger partial charge in [0.25, 0.3) is 0 Å². The highest BCUT2D eigenvalue weighted by Gasteiger charge is 2.26. The average Bonchev–Trinajstić information content (AvgIpc) is 2.90. The molecule has 2 N–H and O–H groups in total. The summed E-state index contributed by atoms with van der Waals surface area (Å²) in [4.78, 5) is 17.3. The summed E-state index contributed by atoms with van der Waals surface area (Å²) in [5, 5.41) is 3.11. The first-order chi connectivity index (χ1) is 8.81. The van der Waals surface area contributed by atoms with E-state index in [4.69, 9.17) is 4.74 Å². The predicted octanol–water partition coefficient (Wildman–Crippen LogP) is 0.394. The van der Waals surface area contributed by atoms with Crippen LogP contribution in [-0.4, -0.2) is 55.2 Å². The lowest BCUT2D eigenvalue weighted by atomic mass is 10.1. The van der Waals surface area contributed by atoms with Crippen LogP contribution in [-0.2, 0) is 16.0 Å². The number of amides is 1. The molecular formula is C13H21N3O2. The van der Waals surface area contributed by atoms with Crippen LogP contribution < -0.4 is 5.32 Å². The van der Waals surface area contributed by atoms with Gasteiger partial charge in [-0.25, -0.2) is 0 Å². The highest BCUT2D eigenvalue weighted by atomic mass is 16.5. The Bertz CT molecular complexity index is 362. The quantitative estimate of drug-likeness (QED) is 0.796. The third-order valence-corrected chi connectivity index (χ3v) is 3.26. The Morgan fingerprint density at radius 1 is 1.67 bits per heavy atom. The monoisotopic (exact) mass is 251 g/mol. The van der Waals surface area contributed by atoms with E-state index in [0.29, 0.717) is 26.2 Å². The van der Waals surface area contributed by atoms with Crippen molar-refractivity contribution in [3.05, 3.63) is 24.0 Å². The average molecular weight is 251 g/mol. The number of H-pyrrole nitrogens is 1. The second kappa shape index (κ2) is 6.56. The summed E-state index contributed by atoms with van der Waals surface area (Å²) in [5.41, 5.74) is 1.11. The summed E-state index contributed by atoms with van der Waals surface area (Å²) >= 11 is 0. The van der Waals surface area contributed by atoms with Crippen molar-refractivity contribution >= 4 is 5.91 Å². The summed E-state index contributed by atoms with van der Waals surface area (Å²) in [6.45, 7) is 2.77. The largest absolute Gasteiger partial charge is 0.377 e. The molecule has 1 unspecified atom stereocenters. The molecule has 5 heteroatoms. The first-order valence-corrected chi connectivity index (χ1v) is 6.45. The highest BCUT2D eigenvalue weighted by molar-refractivity contribution is 5.76. The van der Waals surface area contributed by atoms with Crippen LogP contribution in [0.4, 0.5) is 0 Å². The maximum atomic E-state index is 12.2. The van der Waals surface area contributed by atoms with Gasteiger partial charge in [0.05, 0.1) is 19.3 Å². The number of aromatic nitrogens is 1. The number of nitrogens with one attached hydrogen (secondary N) is 2. The van der Waals surface area contributed by atoms with E-state index in [0.717, 1.165) is 18.7 Å². The number of rotatable bonds is 5. The summed E-state index contributed by atoms with van der Waals surface area (Å²) in [5.74, 6) is 0.216. The van der Waals surface area contributed by atoms with E-state index in [2.05, 4.69) is 10.3 Å². The zero-order valence-electron chi connectivity index (χ0n) is 10.8. The van der Waals surface area contributed by atoms with Crippen molar-refractivity contribution in [2.24, 2.45) is 0 Å². The van der Waals surface area contributed by atoms with Crippen LogP contribution >= 0.6 is 0 Å². The molecule has 0 bridgehead atoms. The van der Waals surface area contributed by atoms with Crippen LogP contribution in [0, 0.1) is 0 Å². The Morgan fingerprint density at radius 3 is 3.28 bits per heavy atom. The molecule has 1 aromatic heterocycles. The normalized spacial score (nSPS) is 20.1. The molecule has 0 aliphatic carbocycles. The van der Waals surface area contributed by atoms with Crippen molar-refractivity contribution in [3.63, 3.8) is 0 Å². The Balaban J connectivity index is 1.85. The minimum atomic E-state index is 0.167. The van der Waals surface area contributed by atoms with E-state index in [1.807, 2.05) is 30.3 Å². The minimum Gasteiger partial charge on any atom is -0.377 e. The van der Waals surface area contributed by atoms with Gasteiger partial charge < -0.3 is 19.9 Å². The first-order valence-electron chi connectivity index (χ1n) is 6.45. The van der Waals surface area contributed by atoms with Crippen LogP contribution in [0.2, 0.25) is 0 Å². The lowest BCUT2D eigenvalue weighted by molar-refractivity contribution is -0.139. The van der Waals surface area contributed by atoms with E-state index < -0.39 is 0 Å². The molecule has 1 saturated heterocycles. The molecule has 1 fully saturated rings. The molecule has 1 aromatic rings. The fourth-order valence-electron chi connectivity index (χ4n) is 2.30. The van der Waals surface area contributed by atoms with Crippen molar-refractivity contribution in [1.82, 2.24) is 15.2 Å². The Morgan fingerprint density at radius 2 is 2.56 bits per heavy atom. The smallest absolute Gasteiger partial charge is 0.223 e. The van der Waals surface area contributed by atoms with Crippen molar-refractivity contribution in [2.45, 2.75) is 18.9 Å². The number of nitrogens with zero attached hydrogens (tertiary/aromatic N) is 1. The van der Waals surface area contributed by atoms with Crippen molar-refractivity contribution in [1.29, 1.82) is 0 Å². The van der Waals surface area contributed by atoms with E-state index in [-0.39, 0.29) is 11.9 Å². The molecule has 0 spiro atoms. The molecule has 1 aliphatic heterocycles. The summed E-state index contributed by atoms with van der Waals surface area (Å²) in [7, 11) is 1.90. The van der Waals surface area contributed by atoms with Gasteiger partial charge in [-0.3, -0.25) is 4.79 Å². The zero-order valence-corrected chi connectivity index (χ0v) is 10.8. The number of hydrogen-bond donors (Lipinski definition) is 2. The van der Waals surface area contributed by atoms with Gasteiger partial charge in [-0.2, -0.15) is 0 Å². The number of morpholine rings is 1. The number of likely N-dealkylation sites (N-methyl/N-ethyl adjacent to an activating group) is 1. The Labute approximate surface area is 108 Å².